The van der Waals surface area contributed by atoms with Crippen molar-refractivity contribution >= 4 is 17.5 Å². The highest BCUT2D eigenvalue weighted by Gasteiger charge is 2.27. The zero-order valence-corrected chi connectivity index (χ0v) is 20.1. The molecule has 0 aliphatic rings. The zero-order valence-electron chi connectivity index (χ0n) is 20.1. The fourth-order valence-corrected chi connectivity index (χ4v) is 3.21. The molecule has 0 unspecified atom stereocenters. The molecule has 0 aromatic heterocycles. The van der Waals surface area contributed by atoms with Crippen molar-refractivity contribution in [1.82, 2.24) is 16.0 Å². The largest absolute Gasteiger partial charge is 0.343 e. The summed E-state index contributed by atoms with van der Waals surface area (Å²) in [5.74, 6) is -0.237. The number of nitrogens with one attached hydrogen (secondary N) is 4. The summed E-state index contributed by atoms with van der Waals surface area (Å²) >= 11 is 0. The predicted molar refractivity (Wildman–Crippen MR) is 129 cm³/mol. The van der Waals surface area contributed by atoms with E-state index in [9.17, 15) is 9.59 Å². The lowest BCUT2D eigenvalue weighted by molar-refractivity contribution is -0.129. The molecule has 1 aromatic carbocycles. The van der Waals surface area contributed by atoms with E-state index >= 15 is 0 Å². The standard InChI is InChI=1S/C24H43N5O2/c1-16(2)22(27-18(5)6)24(31)29-21(9-7-8-14-25)23(30)28-20-12-10-19(11-13-20)15-26-17(3)4/h10-13,16-18,21-22,26-27H,7-9,14-15,25H2,1-6H3,(H,28,30)(H,29,31)/t21-,22-/m0/s1. The average Bonchev–Trinajstić information content (AvgIpc) is 2.70. The maximum absolute atomic E-state index is 13.0. The van der Waals surface area contributed by atoms with Crippen LogP contribution in [0, 0.1) is 5.92 Å². The van der Waals surface area contributed by atoms with Crippen molar-refractivity contribution < 1.29 is 9.59 Å². The first-order chi connectivity index (χ1) is 14.6. The first-order valence-electron chi connectivity index (χ1n) is 11.5. The van der Waals surface area contributed by atoms with Crippen LogP contribution in [0.4, 0.5) is 5.69 Å². The molecule has 1 aromatic rings. The summed E-state index contributed by atoms with van der Waals surface area (Å²) in [5.41, 5.74) is 7.48. The van der Waals surface area contributed by atoms with E-state index in [1.165, 1.54) is 0 Å². The van der Waals surface area contributed by atoms with E-state index in [4.69, 9.17) is 5.73 Å². The van der Waals surface area contributed by atoms with E-state index in [2.05, 4.69) is 35.1 Å². The molecule has 0 radical (unpaired) electrons. The summed E-state index contributed by atoms with van der Waals surface area (Å²) in [7, 11) is 0. The topological polar surface area (TPSA) is 108 Å². The smallest absolute Gasteiger partial charge is 0.246 e. The Morgan fingerprint density at radius 2 is 1.55 bits per heavy atom. The molecule has 0 saturated carbocycles. The van der Waals surface area contributed by atoms with Crippen LogP contribution in [0.2, 0.25) is 0 Å². The SMILES string of the molecule is CC(C)NCc1ccc(NC(=O)[C@H](CCCCN)NC(=O)[C@@H](NC(C)C)C(C)C)cc1. The molecule has 0 heterocycles. The molecule has 7 heteroatoms. The van der Waals surface area contributed by atoms with Crippen LogP contribution in [0.3, 0.4) is 0 Å². The van der Waals surface area contributed by atoms with Crippen molar-refractivity contribution in [2.75, 3.05) is 11.9 Å². The number of nitrogens with two attached hydrogens (primary N) is 1. The lowest BCUT2D eigenvalue weighted by Crippen LogP contribution is -2.54. The summed E-state index contributed by atoms with van der Waals surface area (Å²) in [6.07, 6.45) is 2.14. The lowest BCUT2D eigenvalue weighted by atomic mass is 10.0. The molecule has 0 saturated heterocycles. The molecule has 2 atom stereocenters. The minimum absolute atomic E-state index is 0.113. The Labute approximate surface area is 188 Å². The summed E-state index contributed by atoms with van der Waals surface area (Å²) in [6.45, 7) is 13.6. The Hall–Kier alpha value is -1.96. The van der Waals surface area contributed by atoms with Crippen LogP contribution in [0.5, 0.6) is 0 Å². The normalized spacial score (nSPS) is 13.5. The number of unbranched alkanes of at least 4 members (excludes halogenated alkanes) is 1. The Morgan fingerprint density at radius 3 is 2.06 bits per heavy atom. The minimum Gasteiger partial charge on any atom is -0.343 e. The van der Waals surface area contributed by atoms with Gasteiger partial charge in [-0.05, 0) is 49.4 Å². The van der Waals surface area contributed by atoms with Crippen molar-refractivity contribution in [1.29, 1.82) is 0 Å². The second-order valence-corrected chi connectivity index (χ2v) is 9.11. The molecule has 1 rings (SSSR count). The van der Waals surface area contributed by atoms with E-state index in [1.807, 2.05) is 52.0 Å². The summed E-state index contributed by atoms with van der Waals surface area (Å²) in [5, 5.41) is 12.6. The van der Waals surface area contributed by atoms with Crippen LogP contribution in [0.25, 0.3) is 0 Å². The van der Waals surface area contributed by atoms with Gasteiger partial charge in [0.2, 0.25) is 11.8 Å². The Balaban J connectivity index is 2.81. The highest BCUT2D eigenvalue weighted by molar-refractivity contribution is 5.97. The van der Waals surface area contributed by atoms with Crippen molar-refractivity contribution in [2.45, 2.75) is 91.5 Å². The van der Waals surface area contributed by atoms with E-state index in [1.54, 1.807) is 0 Å². The summed E-state index contributed by atoms with van der Waals surface area (Å²) in [6, 6.07) is 7.41. The number of carbonyl (C=O) groups is 2. The van der Waals surface area contributed by atoms with E-state index in [0.717, 1.165) is 30.6 Å². The van der Waals surface area contributed by atoms with Crippen LogP contribution in [-0.2, 0) is 16.1 Å². The Bertz CT molecular complexity index is 658. The molecule has 0 bridgehead atoms. The van der Waals surface area contributed by atoms with Gasteiger partial charge in [0.05, 0.1) is 6.04 Å². The quantitative estimate of drug-likeness (QED) is 0.290. The van der Waals surface area contributed by atoms with Crippen LogP contribution >= 0.6 is 0 Å². The summed E-state index contributed by atoms with van der Waals surface area (Å²) in [4.78, 5) is 25.9. The molecule has 0 aliphatic carbocycles. The van der Waals surface area contributed by atoms with Crippen molar-refractivity contribution in [2.24, 2.45) is 11.7 Å². The highest BCUT2D eigenvalue weighted by Crippen LogP contribution is 2.12. The van der Waals surface area contributed by atoms with Gasteiger partial charge in [0.15, 0.2) is 0 Å². The maximum atomic E-state index is 13.0. The molecule has 176 valence electrons. The van der Waals surface area contributed by atoms with Gasteiger partial charge < -0.3 is 27.0 Å². The zero-order chi connectivity index (χ0) is 23.4. The van der Waals surface area contributed by atoms with E-state index in [0.29, 0.717) is 19.0 Å². The second-order valence-electron chi connectivity index (χ2n) is 9.11. The van der Waals surface area contributed by atoms with Gasteiger partial charge in [0.1, 0.15) is 6.04 Å². The number of hydrogen-bond donors (Lipinski definition) is 5. The van der Waals surface area contributed by atoms with Crippen molar-refractivity contribution in [3.05, 3.63) is 29.8 Å². The van der Waals surface area contributed by atoms with Gasteiger partial charge in [-0.25, -0.2) is 0 Å². The first kappa shape index (κ1) is 27.1. The Morgan fingerprint density at radius 1 is 0.903 bits per heavy atom. The van der Waals surface area contributed by atoms with Crippen LogP contribution in [0.1, 0.15) is 66.4 Å². The molecular weight excluding hydrogens is 390 g/mol. The van der Waals surface area contributed by atoms with Gasteiger partial charge in [-0.3, -0.25) is 9.59 Å². The summed E-state index contributed by atoms with van der Waals surface area (Å²) < 4.78 is 0. The number of amides is 2. The van der Waals surface area contributed by atoms with Gasteiger partial charge in [-0.1, -0.05) is 53.7 Å². The third-order valence-corrected chi connectivity index (χ3v) is 4.98. The van der Waals surface area contributed by atoms with Crippen LogP contribution in [0.15, 0.2) is 24.3 Å². The van der Waals surface area contributed by atoms with Gasteiger partial charge in [0, 0.05) is 24.3 Å². The number of anilines is 1. The van der Waals surface area contributed by atoms with Gasteiger partial charge in [0.25, 0.3) is 0 Å². The molecule has 6 N–H and O–H groups in total. The van der Waals surface area contributed by atoms with Crippen molar-refractivity contribution in [3.63, 3.8) is 0 Å². The number of carbonyl (C=O) groups excluding carboxylic acids is 2. The maximum Gasteiger partial charge on any atom is 0.246 e. The molecule has 0 spiro atoms. The Kier molecular flexibility index (Phi) is 12.4. The van der Waals surface area contributed by atoms with Gasteiger partial charge in [-0.2, -0.15) is 0 Å². The lowest BCUT2D eigenvalue weighted by Gasteiger charge is -2.27. The molecule has 2 amide bonds. The molecule has 31 heavy (non-hydrogen) atoms. The van der Waals surface area contributed by atoms with Gasteiger partial charge >= 0.3 is 0 Å². The third kappa shape index (κ3) is 10.8. The van der Waals surface area contributed by atoms with E-state index in [-0.39, 0.29) is 29.8 Å². The average molecular weight is 434 g/mol. The molecule has 0 aliphatic heterocycles. The van der Waals surface area contributed by atoms with Crippen molar-refractivity contribution in [3.8, 4) is 0 Å². The van der Waals surface area contributed by atoms with Gasteiger partial charge in [-0.15, -0.1) is 0 Å². The van der Waals surface area contributed by atoms with E-state index < -0.39 is 6.04 Å². The third-order valence-electron chi connectivity index (χ3n) is 4.98. The fraction of sp³-hybridized carbons (Fsp3) is 0.667. The molecular formula is C24H43N5O2. The fourth-order valence-electron chi connectivity index (χ4n) is 3.21. The number of rotatable bonds is 14. The number of benzene rings is 1. The minimum atomic E-state index is -0.600. The second kappa shape index (κ2) is 14.2. The monoisotopic (exact) mass is 433 g/mol. The highest BCUT2D eigenvalue weighted by atomic mass is 16.2. The van der Waals surface area contributed by atoms with Crippen LogP contribution in [-0.4, -0.2) is 42.5 Å². The molecule has 0 fully saturated rings. The first-order valence-corrected chi connectivity index (χ1v) is 11.5. The number of hydrogen-bond acceptors (Lipinski definition) is 5. The molecule has 7 nitrogen and oxygen atoms in total. The van der Waals surface area contributed by atoms with Crippen LogP contribution < -0.4 is 27.0 Å². The predicted octanol–water partition coefficient (Wildman–Crippen LogP) is 2.76.